The average Bonchev–Trinajstić information content (AvgIpc) is 3.18. The summed E-state index contributed by atoms with van der Waals surface area (Å²) >= 11 is 10.4. The molecule has 1 aliphatic rings. The molecule has 0 radical (unpaired) electrons. The van der Waals surface area contributed by atoms with Gasteiger partial charge in [0.1, 0.15) is 0 Å². The van der Waals surface area contributed by atoms with Crippen LogP contribution in [-0.4, -0.2) is 34.2 Å². The lowest BCUT2D eigenvalue weighted by Gasteiger charge is -2.14. The molecule has 0 unspecified atom stereocenters. The highest BCUT2D eigenvalue weighted by Gasteiger charge is 2.37. The normalized spacial score (nSPS) is 12.4. The monoisotopic (exact) mass is 542 g/mol. The Kier molecular flexibility index (Phi) is 7.44. The number of benzene rings is 3. The van der Waals surface area contributed by atoms with E-state index in [2.05, 4.69) is 28.2 Å². The summed E-state index contributed by atoms with van der Waals surface area (Å²) in [5.74, 6) is -1.28. The van der Waals surface area contributed by atoms with Crippen molar-refractivity contribution in [1.82, 2.24) is 9.88 Å². The highest BCUT2D eigenvalue weighted by Crippen LogP contribution is 2.30. The van der Waals surface area contributed by atoms with Gasteiger partial charge in [-0.1, -0.05) is 41.9 Å². The van der Waals surface area contributed by atoms with Gasteiger partial charge >= 0.3 is 0 Å². The molecule has 2 N–H and O–H groups in total. The smallest absolute Gasteiger partial charge is 0.263 e. The molecule has 190 valence electrons. The number of thiol groups is 1. The van der Waals surface area contributed by atoms with E-state index in [0.29, 0.717) is 22.9 Å². The first-order chi connectivity index (χ1) is 18.4. The Morgan fingerprint density at radius 2 is 1.66 bits per heavy atom. The lowest BCUT2D eigenvalue weighted by Crippen LogP contribution is -2.32. The van der Waals surface area contributed by atoms with Gasteiger partial charge in [-0.25, -0.2) is 0 Å². The summed E-state index contributed by atoms with van der Waals surface area (Å²) in [5.41, 5.74) is 4.09. The minimum absolute atomic E-state index is 0.186. The second-order valence-corrected chi connectivity index (χ2v) is 9.68. The van der Waals surface area contributed by atoms with Crippen LogP contribution in [0.5, 0.6) is 0 Å². The molecule has 0 aliphatic carbocycles. The Bertz CT molecular complexity index is 1530. The molecule has 0 atom stereocenters. The molecule has 5 rings (SSSR count). The van der Waals surface area contributed by atoms with Crippen molar-refractivity contribution in [3.8, 4) is 0 Å². The molecular formula is C29H23ClN4O3S. The first-order valence-electron chi connectivity index (χ1n) is 11.9. The van der Waals surface area contributed by atoms with Crippen LogP contribution in [0.3, 0.4) is 0 Å². The molecule has 0 spiro atoms. The summed E-state index contributed by atoms with van der Waals surface area (Å²) < 4.78 is 0. The Labute approximate surface area is 230 Å². The number of amides is 3. The number of hydrogen-bond donors (Lipinski definition) is 3. The fourth-order valence-corrected chi connectivity index (χ4v) is 4.67. The van der Waals surface area contributed by atoms with E-state index in [-0.39, 0.29) is 34.8 Å². The molecular weight excluding hydrogens is 520 g/mol. The van der Waals surface area contributed by atoms with E-state index in [0.717, 1.165) is 16.8 Å². The summed E-state index contributed by atoms with van der Waals surface area (Å²) in [5, 5.41) is 6.47. The quantitative estimate of drug-likeness (QED) is 0.195. The van der Waals surface area contributed by atoms with Crippen LogP contribution in [0.15, 0.2) is 90.1 Å². The predicted octanol–water partition coefficient (Wildman–Crippen LogP) is 5.73. The zero-order valence-electron chi connectivity index (χ0n) is 20.1. The van der Waals surface area contributed by atoms with Gasteiger partial charge in [-0.2, -0.15) is 0 Å². The maximum atomic E-state index is 13.3. The number of nitrogens with zero attached hydrogens (tertiary/aromatic N) is 2. The molecule has 3 amide bonds. The van der Waals surface area contributed by atoms with Crippen molar-refractivity contribution in [2.75, 3.05) is 17.2 Å². The van der Waals surface area contributed by atoms with Crippen molar-refractivity contribution in [3.05, 3.63) is 118 Å². The molecule has 0 bridgehead atoms. The number of aromatic nitrogens is 1. The Balaban J connectivity index is 1.24. The SMILES string of the molecule is O=C(Nc1cccc2c1C(=O)N(CCc1ccc(CNc3ccncc3)cc1)C2=O)c1cc(Cl)ccc1S. The number of anilines is 2. The molecule has 1 aliphatic heterocycles. The van der Waals surface area contributed by atoms with E-state index in [4.69, 9.17) is 11.6 Å². The van der Waals surface area contributed by atoms with Crippen LogP contribution in [0.4, 0.5) is 11.4 Å². The van der Waals surface area contributed by atoms with Crippen LogP contribution >= 0.6 is 24.2 Å². The zero-order chi connectivity index (χ0) is 26.6. The van der Waals surface area contributed by atoms with Crippen LogP contribution in [0, 0.1) is 0 Å². The fraction of sp³-hybridized carbons (Fsp3) is 0.103. The van der Waals surface area contributed by atoms with E-state index >= 15 is 0 Å². The number of nitrogens with one attached hydrogen (secondary N) is 2. The topological polar surface area (TPSA) is 91.4 Å². The number of carbonyl (C=O) groups excluding carboxylic acids is 3. The van der Waals surface area contributed by atoms with Crippen molar-refractivity contribution in [2.24, 2.45) is 0 Å². The van der Waals surface area contributed by atoms with Crippen molar-refractivity contribution >= 4 is 53.3 Å². The summed E-state index contributed by atoms with van der Waals surface area (Å²) in [6.07, 6.45) is 3.98. The lowest BCUT2D eigenvalue weighted by atomic mass is 10.1. The van der Waals surface area contributed by atoms with Gasteiger partial charge in [-0.15, -0.1) is 12.6 Å². The number of halogens is 1. The number of hydrogen-bond acceptors (Lipinski definition) is 6. The molecule has 7 nitrogen and oxygen atoms in total. The highest BCUT2D eigenvalue weighted by atomic mass is 35.5. The highest BCUT2D eigenvalue weighted by molar-refractivity contribution is 7.80. The molecule has 0 fully saturated rings. The van der Waals surface area contributed by atoms with Crippen LogP contribution in [0.2, 0.25) is 5.02 Å². The largest absolute Gasteiger partial charge is 0.381 e. The standard InChI is InChI=1S/C29H23ClN4O3S/c30-20-8-9-25(38)23(16-20)27(35)33-24-3-1-2-22-26(24)29(37)34(28(22)36)15-12-18-4-6-19(7-5-18)17-32-21-10-13-31-14-11-21/h1-11,13-14,16,38H,12,15,17H2,(H,31,32)(H,33,35). The van der Waals surface area contributed by atoms with Crippen molar-refractivity contribution in [3.63, 3.8) is 0 Å². The van der Waals surface area contributed by atoms with Crippen molar-refractivity contribution in [1.29, 1.82) is 0 Å². The third-order valence-corrected chi connectivity index (χ3v) is 6.90. The average molecular weight is 543 g/mol. The number of imide groups is 1. The minimum Gasteiger partial charge on any atom is -0.381 e. The molecule has 2 heterocycles. The van der Waals surface area contributed by atoms with Crippen molar-refractivity contribution < 1.29 is 14.4 Å². The van der Waals surface area contributed by atoms with Crippen molar-refractivity contribution in [2.45, 2.75) is 17.9 Å². The van der Waals surface area contributed by atoms with Crippen LogP contribution < -0.4 is 10.6 Å². The van der Waals surface area contributed by atoms with Crippen LogP contribution in [0.1, 0.15) is 42.2 Å². The third-order valence-electron chi connectivity index (χ3n) is 6.27. The number of fused-ring (bicyclic) bond motifs is 1. The zero-order valence-corrected chi connectivity index (χ0v) is 21.8. The number of pyridine rings is 1. The maximum Gasteiger partial charge on any atom is 0.263 e. The fourth-order valence-electron chi connectivity index (χ4n) is 4.26. The Morgan fingerprint density at radius 1 is 0.921 bits per heavy atom. The summed E-state index contributed by atoms with van der Waals surface area (Å²) in [6.45, 7) is 0.893. The molecule has 0 saturated heterocycles. The first-order valence-corrected chi connectivity index (χ1v) is 12.7. The molecule has 9 heteroatoms. The molecule has 4 aromatic rings. The molecule has 3 aromatic carbocycles. The van der Waals surface area contributed by atoms with E-state index in [1.165, 1.54) is 11.0 Å². The van der Waals surface area contributed by atoms with Gasteiger partial charge in [0.05, 0.1) is 22.4 Å². The van der Waals surface area contributed by atoms with Gasteiger partial charge in [0.2, 0.25) is 0 Å². The molecule has 1 aromatic heterocycles. The van der Waals surface area contributed by atoms with Crippen LogP contribution in [0.25, 0.3) is 0 Å². The second kappa shape index (κ2) is 11.1. The van der Waals surface area contributed by atoms with Gasteiger partial charge in [0.15, 0.2) is 0 Å². The minimum atomic E-state index is -0.469. The van der Waals surface area contributed by atoms with Gasteiger partial charge in [0.25, 0.3) is 17.7 Å². The molecule has 38 heavy (non-hydrogen) atoms. The summed E-state index contributed by atoms with van der Waals surface area (Å²) in [7, 11) is 0. The van der Waals surface area contributed by atoms with Gasteiger partial charge in [-0.3, -0.25) is 24.3 Å². The van der Waals surface area contributed by atoms with E-state index in [1.807, 2.05) is 36.4 Å². The number of rotatable bonds is 8. The van der Waals surface area contributed by atoms with Crippen LogP contribution in [-0.2, 0) is 13.0 Å². The van der Waals surface area contributed by atoms with E-state index in [1.54, 1.807) is 42.7 Å². The van der Waals surface area contributed by atoms with E-state index in [9.17, 15) is 14.4 Å². The van der Waals surface area contributed by atoms with Gasteiger partial charge in [0, 0.05) is 41.1 Å². The first kappa shape index (κ1) is 25.5. The summed E-state index contributed by atoms with van der Waals surface area (Å²) in [6, 6.07) is 21.4. The Morgan fingerprint density at radius 3 is 2.42 bits per heavy atom. The lowest BCUT2D eigenvalue weighted by molar-refractivity contribution is 0.0656. The van der Waals surface area contributed by atoms with E-state index < -0.39 is 11.8 Å². The Hall–Kier alpha value is -4.14. The van der Waals surface area contributed by atoms with Gasteiger partial charge < -0.3 is 10.6 Å². The third kappa shape index (κ3) is 5.41. The number of carbonyl (C=O) groups is 3. The summed E-state index contributed by atoms with van der Waals surface area (Å²) in [4.78, 5) is 44.9. The van der Waals surface area contributed by atoms with Gasteiger partial charge in [-0.05, 0) is 60.0 Å². The second-order valence-electron chi connectivity index (χ2n) is 8.76. The molecule has 0 saturated carbocycles. The maximum absolute atomic E-state index is 13.3. The predicted molar refractivity (Wildman–Crippen MR) is 150 cm³/mol.